The minimum Gasteiger partial charge on any atom is -0.330 e. The molecule has 0 aliphatic carbocycles. The molecule has 0 spiro atoms. The summed E-state index contributed by atoms with van der Waals surface area (Å²) in [5, 5.41) is 0. The third-order valence-electron chi connectivity index (χ3n) is 0.622. The highest BCUT2D eigenvalue weighted by molar-refractivity contribution is 4.26. The van der Waals surface area contributed by atoms with Gasteiger partial charge in [-0.05, 0) is 13.0 Å². The molecule has 0 aromatic heterocycles. The summed E-state index contributed by atoms with van der Waals surface area (Å²) in [6.45, 7) is 5.26. The summed E-state index contributed by atoms with van der Waals surface area (Å²) in [6.07, 6.45) is 1.10. The minimum absolute atomic E-state index is 0.597. The van der Waals surface area contributed by atoms with E-state index < -0.39 is 0 Å². The van der Waals surface area contributed by atoms with Gasteiger partial charge >= 0.3 is 0 Å². The van der Waals surface area contributed by atoms with Crippen molar-refractivity contribution in [3.8, 4) is 0 Å². The number of nitrogens with two attached hydrogens (primary N) is 5. The molecule has 0 aromatic carbocycles. The molecule has 12 heavy (non-hydrogen) atoms. The van der Waals surface area contributed by atoms with E-state index in [-0.39, 0.29) is 0 Å². The molecule has 10 N–H and O–H groups in total. The third-order valence-corrected chi connectivity index (χ3v) is 0.622. The summed E-state index contributed by atoms with van der Waals surface area (Å²) in [5.74, 6) is 0. The molecule has 5 nitrogen and oxygen atoms in total. The first kappa shape index (κ1) is 17.8. The van der Waals surface area contributed by atoms with Gasteiger partial charge < -0.3 is 28.7 Å². The van der Waals surface area contributed by atoms with Crippen LogP contribution in [0.5, 0.6) is 0 Å². The molecule has 78 valence electrons. The van der Waals surface area contributed by atoms with Crippen LogP contribution in [0.25, 0.3) is 0 Å². The zero-order chi connectivity index (χ0) is 10.2. The van der Waals surface area contributed by atoms with Crippen molar-refractivity contribution in [1.82, 2.24) is 0 Å². The first-order chi connectivity index (χ1) is 5.74. The van der Waals surface area contributed by atoms with Gasteiger partial charge in [0.15, 0.2) is 0 Å². The molecular weight excluding hydrogens is 154 g/mol. The van der Waals surface area contributed by atoms with E-state index in [2.05, 4.69) is 6.92 Å². The topological polar surface area (TPSA) is 130 Å². The van der Waals surface area contributed by atoms with Crippen molar-refractivity contribution in [2.24, 2.45) is 28.7 Å². The Morgan fingerprint density at radius 1 is 0.583 bits per heavy atom. The van der Waals surface area contributed by atoms with Gasteiger partial charge in [-0.2, -0.15) is 0 Å². The van der Waals surface area contributed by atoms with Crippen LogP contribution < -0.4 is 28.7 Å². The lowest BCUT2D eigenvalue weighted by molar-refractivity contribution is 0.932. The van der Waals surface area contributed by atoms with Crippen LogP contribution in [0, 0.1) is 0 Å². The fraction of sp³-hybridized carbons (Fsp3) is 1.00. The molecule has 0 fully saturated rings. The summed E-state index contributed by atoms with van der Waals surface area (Å²) >= 11 is 0. The predicted octanol–water partition coefficient (Wildman–Crippen LogP) is -1.84. The number of hydrogen-bond donors (Lipinski definition) is 5. The third kappa shape index (κ3) is 96.8. The molecule has 0 amide bonds. The molecule has 0 radical (unpaired) electrons. The second-order valence-corrected chi connectivity index (χ2v) is 1.94. The van der Waals surface area contributed by atoms with Crippen LogP contribution in [0.2, 0.25) is 0 Å². The van der Waals surface area contributed by atoms with E-state index in [1.807, 2.05) is 0 Å². The highest BCUT2D eigenvalue weighted by Gasteiger charge is 1.55. The molecule has 5 heteroatoms. The quantitative estimate of drug-likeness (QED) is 0.347. The monoisotopic (exact) mass is 179 g/mol. The van der Waals surface area contributed by atoms with Crippen molar-refractivity contribution in [3.63, 3.8) is 0 Å². The van der Waals surface area contributed by atoms with E-state index in [1.165, 1.54) is 0 Å². The van der Waals surface area contributed by atoms with Crippen LogP contribution in [0.15, 0.2) is 0 Å². The van der Waals surface area contributed by atoms with Gasteiger partial charge in [0.2, 0.25) is 0 Å². The largest absolute Gasteiger partial charge is 0.330 e. The maximum atomic E-state index is 5.03. The molecule has 0 atom stereocenters. The van der Waals surface area contributed by atoms with E-state index in [0.717, 1.165) is 13.0 Å². The Bertz CT molecular complexity index is 27.3. The fourth-order valence-corrected chi connectivity index (χ4v) is 0. The molecule has 0 rings (SSSR count). The van der Waals surface area contributed by atoms with Crippen LogP contribution >= 0.6 is 0 Å². The predicted molar refractivity (Wildman–Crippen MR) is 55.6 cm³/mol. The lowest BCUT2D eigenvalue weighted by atomic mass is 10.5. The highest BCUT2D eigenvalue weighted by atomic mass is 14.6. The molecule has 0 unspecified atom stereocenters. The van der Waals surface area contributed by atoms with Crippen LogP contribution in [-0.2, 0) is 0 Å². The molecule has 0 aliphatic heterocycles. The Morgan fingerprint density at radius 2 is 0.750 bits per heavy atom. The lowest BCUT2D eigenvalue weighted by Gasteiger charge is -1.72. The number of rotatable bonds is 3. The van der Waals surface area contributed by atoms with Crippen molar-refractivity contribution in [1.29, 1.82) is 0 Å². The zero-order valence-electron chi connectivity index (χ0n) is 8.13. The van der Waals surface area contributed by atoms with Crippen LogP contribution in [0.3, 0.4) is 0 Å². The van der Waals surface area contributed by atoms with Crippen molar-refractivity contribution in [2.75, 3.05) is 32.7 Å². The van der Waals surface area contributed by atoms with Gasteiger partial charge in [-0.15, -0.1) is 0 Å². The van der Waals surface area contributed by atoms with Crippen LogP contribution in [0.1, 0.15) is 13.3 Å². The maximum absolute atomic E-state index is 5.03. The number of hydrogen-bond acceptors (Lipinski definition) is 5. The average Bonchev–Trinajstić information content (AvgIpc) is 2.18. The molecule has 0 bridgehead atoms. The normalized spacial score (nSPS) is 7.50. The summed E-state index contributed by atoms with van der Waals surface area (Å²) in [4.78, 5) is 0. The Labute approximate surface area is 75.6 Å². The maximum Gasteiger partial charge on any atom is 0.00461 e. The van der Waals surface area contributed by atoms with Crippen molar-refractivity contribution in [2.45, 2.75) is 13.3 Å². The van der Waals surface area contributed by atoms with Gasteiger partial charge in [0, 0.05) is 26.2 Å². The minimum atomic E-state index is 0.597. The highest BCUT2D eigenvalue weighted by Crippen LogP contribution is 1.57. The van der Waals surface area contributed by atoms with Gasteiger partial charge in [0.25, 0.3) is 0 Å². The molecule has 0 aliphatic rings. The molecule has 0 saturated carbocycles. The van der Waals surface area contributed by atoms with Crippen molar-refractivity contribution >= 4 is 0 Å². The second kappa shape index (κ2) is 30.8. The zero-order valence-corrected chi connectivity index (χ0v) is 8.13. The lowest BCUT2D eigenvalue weighted by Crippen LogP contribution is -2.11. The van der Waals surface area contributed by atoms with Gasteiger partial charge in [-0.1, -0.05) is 6.92 Å². The first-order valence-corrected chi connectivity index (χ1v) is 4.25. The van der Waals surface area contributed by atoms with Crippen molar-refractivity contribution < 1.29 is 0 Å². The molecule has 0 heterocycles. The Morgan fingerprint density at radius 3 is 0.750 bits per heavy atom. The van der Waals surface area contributed by atoms with Gasteiger partial charge in [0.1, 0.15) is 0 Å². The van der Waals surface area contributed by atoms with Crippen LogP contribution in [0.4, 0.5) is 0 Å². The van der Waals surface area contributed by atoms with Gasteiger partial charge in [-0.25, -0.2) is 0 Å². The summed E-state index contributed by atoms with van der Waals surface area (Å²) < 4.78 is 0. The van der Waals surface area contributed by atoms with E-state index in [1.54, 1.807) is 0 Å². The molecular formula is C7H25N5. The van der Waals surface area contributed by atoms with E-state index in [9.17, 15) is 0 Å². The second-order valence-electron chi connectivity index (χ2n) is 1.94. The average molecular weight is 179 g/mol. The summed E-state index contributed by atoms with van der Waals surface area (Å²) in [6, 6.07) is 0. The summed E-state index contributed by atoms with van der Waals surface area (Å²) in [5.41, 5.74) is 24.6. The van der Waals surface area contributed by atoms with Crippen LogP contribution in [-0.4, -0.2) is 32.7 Å². The van der Waals surface area contributed by atoms with E-state index in [4.69, 9.17) is 28.7 Å². The Kier molecular flexibility index (Phi) is 45.7. The first-order valence-electron chi connectivity index (χ1n) is 4.25. The van der Waals surface area contributed by atoms with Crippen molar-refractivity contribution in [3.05, 3.63) is 0 Å². The SMILES string of the molecule is CCCN.NCCN.NCCN. The van der Waals surface area contributed by atoms with E-state index in [0.29, 0.717) is 26.2 Å². The van der Waals surface area contributed by atoms with E-state index >= 15 is 0 Å². The van der Waals surface area contributed by atoms with Gasteiger partial charge in [-0.3, -0.25) is 0 Å². The molecule has 0 saturated heterocycles. The summed E-state index contributed by atoms with van der Waals surface area (Å²) in [7, 11) is 0. The molecule has 0 aromatic rings. The van der Waals surface area contributed by atoms with Gasteiger partial charge in [0.05, 0.1) is 0 Å². The standard InChI is InChI=1S/C3H9N.2C2H8N2/c1-2-3-4;2*3-1-2-4/h2-4H2,1H3;2*1-4H2. The Hall–Kier alpha value is -0.200. The Balaban J connectivity index is -0.000000101. The fourth-order valence-electron chi connectivity index (χ4n) is 0. The smallest absolute Gasteiger partial charge is 0.00461 e.